The quantitative estimate of drug-likeness (QED) is 0.788. The monoisotopic (exact) mass is 301 g/mol. The summed E-state index contributed by atoms with van der Waals surface area (Å²) in [6, 6.07) is 8.42. The van der Waals surface area contributed by atoms with Gasteiger partial charge in [-0.1, -0.05) is 6.07 Å². The highest BCUT2D eigenvalue weighted by atomic mass is 32.2. The molecule has 0 radical (unpaired) electrons. The molecule has 0 aromatic carbocycles. The maximum Gasteiger partial charge on any atom is 0.263 e. The Morgan fingerprint density at radius 2 is 1.95 bits per heavy atom. The number of anilines is 1. The molecule has 0 aliphatic rings. The van der Waals surface area contributed by atoms with Crippen molar-refractivity contribution in [3.8, 4) is 5.82 Å². The molecule has 7 nitrogen and oxygen atoms in total. The van der Waals surface area contributed by atoms with E-state index in [0.717, 1.165) is 0 Å². The fraction of sp³-hybridized carbons (Fsp3) is 0. The second kappa shape index (κ2) is 5.33. The van der Waals surface area contributed by atoms with E-state index < -0.39 is 10.0 Å². The highest BCUT2D eigenvalue weighted by Crippen LogP contribution is 2.15. The van der Waals surface area contributed by atoms with Crippen LogP contribution in [-0.4, -0.2) is 28.2 Å². The number of sulfonamides is 1. The van der Waals surface area contributed by atoms with Crippen LogP contribution < -0.4 is 4.72 Å². The summed E-state index contributed by atoms with van der Waals surface area (Å²) in [5.74, 6) is 0.601. The van der Waals surface area contributed by atoms with Crippen LogP contribution in [0.4, 0.5) is 5.69 Å². The number of hydrogen-bond acceptors (Lipinski definition) is 5. The first-order valence-corrected chi connectivity index (χ1v) is 7.52. The summed E-state index contributed by atoms with van der Waals surface area (Å²) in [5, 5.41) is 4.08. The van der Waals surface area contributed by atoms with Crippen LogP contribution in [-0.2, 0) is 10.0 Å². The van der Waals surface area contributed by atoms with E-state index in [4.69, 9.17) is 0 Å². The van der Waals surface area contributed by atoms with Gasteiger partial charge < -0.3 is 0 Å². The molecule has 3 heterocycles. The topological polar surface area (TPSA) is 89.8 Å². The smallest absolute Gasteiger partial charge is 0.263 e. The number of hydrogen-bond donors (Lipinski definition) is 1. The molecule has 0 unspecified atom stereocenters. The van der Waals surface area contributed by atoms with Gasteiger partial charge in [-0.2, -0.15) is 5.10 Å². The maximum absolute atomic E-state index is 12.1. The number of nitrogens with one attached hydrogen (secondary N) is 1. The normalized spacial score (nSPS) is 11.2. The van der Waals surface area contributed by atoms with Crippen LogP contribution in [0, 0.1) is 0 Å². The van der Waals surface area contributed by atoms with Gasteiger partial charge in [-0.25, -0.2) is 18.1 Å². The van der Waals surface area contributed by atoms with Gasteiger partial charge in [0.2, 0.25) is 0 Å². The van der Waals surface area contributed by atoms with Gasteiger partial charge in [0.25, 0.3) is 10.0 Å². The molecule has 0 spiro atoms. The molecule has 0 bridgehead atoms. The molecule has 1 N–H and O–H groups in total. The second-order valence-corrected chi connectivity index (χ2v) is 5.84. The Labute approximate surface area is 121 Å². The average Bonchev–Trinajstić information content (AvgIpc) is 2.97. The van der Waals surface area contributed by atoms with Gasteiger partial charge in [-0.15, -0.1) is 0 Å². The van der Waals surface area contributed by atoms with E-state index in [1.54, 1.807) is 30.6 Å². The highest BCUT2D eigenvalue weighted by molar-refractivity contribution is 7.92. The van der Waals surface area contributed by atoms with E-state index in [1.165, 1.54) is 29.3 Å². The molecule has 0 saturated heterocycles. The molecule has 0 atom stereocenters. The van der Waals surface area contributed by atoms with Crippen LogP contribution in [0.25, 0.3) is 5.82 Å². The van der Waals surface area contributed by atoms with Crippen LogP contribution in [0.5, 0.6) is 0 Å². The number of rotatable bonds is 4. The summed E-state index contributed by atoms with van der Waals surface area (Å²) >= 11 is 0. The van der Waals surface area contributed by atoms with Gasteiger partial charge in [0.15, 0.2) is 5.82 Å². The van der Waals surface area contributed by atoms with E-state index in [0.29, 0.717) is 11.5 Å². The third-order valence-corrected chi connectivity index (χ3v) is 4.03. The largest absolute Gasteiger partial charge is 0.276 e. The zero-order valence-electron chi connectivity index (χ0n) is 10.8. The summed E-state index contributed by atoms with van der Waals surface area (Å²) in [6.45, 7) is 0. The van der Waals surface area contributed by atoms with E-state index >= 15 is 0 Å². The lowest BCUT2D eigenvalue weighted by Crippen LogP contribution is -2.12. The van der Waals surface area contributed by atoms with Crippen LogP contribution in [0.3, 0.4) is 0 Å². The maximum atomic E-state index is 12.1. The average molecular weight is 301 g/mol. The van der Waals surface area contributed by atoms with Crippen molar-refractivity contribution in [2.45, 2.75) is 4.90 Å². The van der Waals surface area contributed by atoms with E-state index in [1.807, 2.05) is 6.07 Å². The third kappa shape index (κ3) is 2.90. The van der Waals surface area contributed by atoms with Crippen molar-refractivity contribution in [1.82, 2.24) is 19.7 Å². The molecule has 3 aromatic rings. The first kappa shape index (κ1) is 13.3. The highest BCUT2D eigenvalue weighted by Gasteiger charge is 2.15. The Morgan fingerprint density at radius 3 is 2.67 bits per heavy atom. The Bertz CT molecular complexity index is 831. The first-order valence-electron chi connectivity index (χ1n) is 6.04. The van der Waals surface area contributed by atoms with Crippen molar-refractivity contribution in [3.05, 3.63) is 61.3 Å². The van der Waals surface area contributed by atoms with Crippen molar-refractivity contribution in [1.29, 1.82) is 0 Å². The Kier molecular flexibility index (Phi) is 3.36. The fourth-order valence-corrected chi connectivity index (χ4v) is 2.70. The molecule has 0 aliphatic carbocycles. The van der Waals surface area contributed by atoms with E-state index in [9.17, 15) is 8.42 Å². The minimum atomic E-state index is -3.67. The Morgan fingerprint density at radius 1 is 1.05 bits per heavy atom. The third-order valence-electron chi connectivity index (χ3n) is 2.66. The zero-order valence-corrected chi connectivity index (χ0v) is 11.6. The summed E-state index contributed by atoms with van der Waals surface area (Å²) < 4.78 is 28.2. The van der Waals surface area contributed by atoms with Crippen molar-refractivity contribution in [2.75, 3.05) is 4.72 Å². The van der Waals surface area contributed by atoms with Gasteiger partial charge in [0.1, 0.15) is 4.90 Å². The SMILES string of the molecule is O=S(=O)(Nc1cnn(-c2ccccn2)c1)c1cccnc1. The molecule has 0 saturated carbocycles. The van der Waals surface area contributed by atoms with Crippen molar-refractivity contribution in [2.24, 2.45) is 0 Å². The molecule has 0 aliphatic heterocycles. The van der Waals surface area contributed by atoms with Crippen molar-refractivity contribution in [3.63, 3.8) is 0 Å². The van der Waals surface area contributed by atoms with Gasteiger partial charge in [0, 0.05) is 18.6 Å². The molecule has 0 amide bonds. The number of nitrogens with zero attached hydrogens (tertiary/aromatic N) is 4. The Balaban J connectivity index is 1.85. The molecular formula is C13H11N5O2S. The molecular weight excluding hydrogens is 290 g/mol. The molecule has 8 heteroatoms. The summed E-state index contributed by atoms with van der Waals surface area (Å²) in [5.41, 5.74) is 0.351. The lowest BCUT2D eigenvalue weighted by atomic mass is 10.5. The molecule has 3 rings (SSSR count). The summed E-state index contributed by atoms with van der Waals surface area (Å²) in [6.07, 6.45) is 7.40. The lowest BCUT2D eigenvalue weighted by Gasteiger charge is -2.04. The number of aromatic nitrogens is 4. The van der Waals surface area contributed by atoms with Crippen molar-refractivity contribution < 1.29 is 8.42 Å². The van der Waals surface area contributed by atoms with Crippen LogP contribution in [0.2, 0.25) is 0 Å². The van der Waals surface area contributed by atoms with Crippen LogP contribution in [0.15, 0.2) is 66.2 Å². The van der Waals surface area contributed by atoms with Crippen molar-refractivity contribution >= 4 is 15.7 Å². The van der Waals surface area contributed by atoms with Gasteiger partial charge in [-0.05, 0) is 24.3 Å². The fourth-order valence-electron chi connectivity index (χ4n) is 1.71. The minimum Gasteiger partial charge on any atom is -0.276 e. The van der Waals surface area contributed by atoms with E-state index in [2.05, 4.69) is 19.8 Å². The standard InChI is InChI=1S/C13H11N5O2S/c19-21(20,12-4-3-6-14-9-12)17-11-8-16-18(10-11)13-5-1-2-7-15-13/h1-10,17H. The van der Waals surface area contributed by atoms with E-state index in [-0.39, 0.29) is 4.90 Å². The Hall–Kier alpha value is -2.74. The predicted molar refractivity (Wildman–Crippen MR) is 76.4 cm³/mol. The zero-order chi connectivity index (χ0) is 14.7. The predicted octanol–water partition coefficient (Wildman–Crippen LogP) is 1.46. The van der Waals surface area contributed by atoms with Crippen LogP contribution >= 0.6 is 0 Å². The molecule has 0 fully saturated rings. The lowest BCUT2D eigenvalue weighted by molar-refractivity contribution is 0.601. The van der Waals surface area contributed by atoms with Gasteiger partial charge in [-0.3, -0.25) is 9.71 Å². The number of pyridine rings is 2. The summed E-state index contributed by atoms with van der Waals surface area (Å²) in [4.78, 5) is 8.02. The summed E-state index contributed by atoms with van der Waals surface area (Å²) in [7, 11) is -3.67. The molecule has 106 valence electrons. The minimum absolute atomic E-state index is 0.0931. The van der Waals surface area contributed by atoms with Crippen LogP contribution in [0.1, 0.15) is 0 Å². The first-order chi connectivity index (χ1) is 10.1. The van der Waals surface area contributed by atoms with Gasteiger partial charge >= 0.3 is 0 Å². The van der Waals surface area contributed by atoms with Gasteiger partial charge in [0.05, 0.1) is 18.1 Å². The second-order valence-electron chi connectivity index (χ2n) is 4.16. The molecule has 21 heavy (non-hydrogen) atoms. The molecule has 3 aromatic heterocycles.